The number of ether oxygens (including phenoxy) is 2. The third-order valence-electron chi connectivity index (χ3n) is 5.96. The lowest BCUT2D eigenvalue weighted by atomic mass is 10.1. The van der Waals surface area contributed by atoms with Gasteiger partial charge in [0.1, 0.15) is 31.6 Å². The van der Waals surface area contributed by atoms with E-state index >= 15 is 0 Å². The van der Waals surface area contributed by atoms with Crippen molar-refractivity contribution >= 4 is 27.5 Å². The molecule has 0 spiro atoms. The lowest BCUT2D eigenvalue weighted by Gasteiger charge is -2.32. The van der Waals surface area contributed by atoms with Crippen LogP contribution in [0.15, 0.2) is 42.5 Å². The molecule has 1 aliphatic rings. The molecule has 36 heavy (non-hydrogen) atoms. The second-order valence-corrected chi connectivity index (χ2v) is 10.6. The number of fused-ring (bicyclic) bond motifs is 1. The first-order chi connectivity index (χ1) is 17.0. The maximum atomic E-state index is 14.4. The smallest absolute Gasteiger partial charge is 0.244 e. The minimum absolute atomic E-state index is 0.129. The second kappa shape index (κ2) is 11.6. The van der Waals surface area contributed by atoms with Gasteiger partial charge >= 0.3 is 0 Å². The van der Waals surface area contributed by atoms with Crippen LogP contribution in [0, 0.1) is 5.82 Å². The minimum atomic E-state index is -3.91. The van der Waals surface area contributed by atoms with Gasteiger partial charge in [0.2, 0.25) is 21.8 Å². The summed E-state index contributed by atoms with van der Waals surface area (Å²) in [4.78, 5) is 27.6. The summed E-state index contributed by atoms with van der Waals surface area (Å²) in [6.45, 7) is 5.17. The van der Waals surface area contributed by atoms with Crippen LogP contribution in [-0.4, -0.2) is 63.2 Å². The molecule has 0 unspecified atom stereocenters. The van der Waals surface area contributed by atoms with Crippen LogP contribution in [-0.2, 0) is 26.2 Å². The third kappa shape index (κ3) is 6.66. The molecule has 1 N–H and O–H groups in total. The van der Waals surface area contributed by atoms with Gasteiger partial charge in [-0.2, -0.15) is 0 Å². The van der Waals surface area contributed by atoms with E-state index in [0.717, 1.165) is 10.6 Å². The molecule has 0 fully saturated rings. The highest BCUT2D eigenvalue weighted by Gasteiger charge is 2.31. The van der Waals surface area contributed by atoms with Crippen LogP contribution in [0.5, 0.6) is 11.5 Å². The zero-order valence-corrected chi connectivity index (χ0v) is 21.7. The summed E-state index contributed by atoms with van der Waals surface area (Å²) in [6, 6.07) is 9.41. The molecule has 0 bridgehead atoms. The molecule has 2 aromatic carbocycles. The normalized spacial score (nSPS) is 14.5. The zero-order chi connectivity index (χ0) is 26.5. The SMILES string of the molecule is CC[C@@H](C)NC(=O)[C@H](C)N(Cc1ccccc1F)C(=O)CN(c1ccc2c(c1)OCCO2)S(C)(=O)=O. The maximum Gasteiger partial charge on any atom is 0.244 e. The van der Waals surface area contributed by atoms with Crippen molar-refractivity contribution in [3.05, 3.63) is 53.8 Å². The van der Waals surface area contributed by atoms with Gasteiger partial charge < -0.3 is 19.7 Å². The highest BCUT2D eigenvalue weighted by molar-refractivity contribution is 7.92. The van der Waals surface area contributed by atoms with Gasteiger partial charge in [0, 0.05) is 24.2 Å². The molecular weight excluding hydrogens is 489 g/mol. The van der Waals surface area contributed by atoms with Crippen molar-refractivity contribution < 1.29 is 31.9 Å². The predicted octanol–water partition coefficient (Wildman–Crippen LogP) is 2.69. The second-order valence-electron chi connectivity index (χ2n) is 8.70. The average molecular weight is 522 g/mol. The van der Waals surface area contributed by atoms with Crippen LogP contribution < -0.4 is 19.1 Å². The van der Waals surface area contributed by atoms with E-state index < -0.39 is 40.2 Å². The molecule has 1 heterocycles. The zero-order valence-electron chi connectivity index (χ0n) is 20.9. The first kappa shape index (κ1) is 27.3. The fourth-order valence-electron chi connectivity index (χ4n) is 3.66. The van der Waals surface area contributed by atoms with Gasteiger partial charge in [-0.05, 0) is 38.5 Å². The average Bonchev–Trinajstić information content (AvgIpc) is 2.85. The van der Waals surface area contributed by atoms with Gasteiger partial charge in [-0.3, -0.25) is 13.9 Å². The van der Waals surface area contributed by atoms with Crippen molar-refractivity contribution in [2.45, 2.75) is 45.8 Å². The summed E-state index contributed by atoms with van der Waals surface area (Å²) in [5.41, 5.74) is 0.414. The number of halogens is 1. The Kier molecular flexibility index (Phi) is 8.78. The molecule has 0 saturated carbocycles. The van der Waals surface area contributed by atoms with Crippen molar-refractivity contribution in [1.82, 2.24) is 10.2 Å². The summed E-state index contributed by atoms with van der Waals surface area (Å²) in [5.74, 6) is -0.771. The monoisotopic (exact) mass is 521 g/mol. The summed E-state index contributed by atoms with van der Waals surface area (Å²) in [7, 11) is -3.91. The molecule has 1 aliphatic heterocycles. The summed E-state index contributed by atoms with van der Waals surface area (Å²) in [6.07, 6.45) is 1.67. The number of amides is 2. The molecule has 2 aromatic rings. The Hall–Kier alpha value is -3.34. The molecule has 9 nitrogen and oxygen atoms in total. The van der Waals surface area contributed by atoms with Gasteiger partial charge in [0.15, 0.2) is 11.5 Å². The van der Waals surface area contributed by atoms with Gasteiger partial charge in [0.05, 0.1) is 11.9 Å². The van der Waals surface area contributed by atoms with E-state index in [1.807, 2.05) is 13.8 Å². The molecule has 0 saturated heterocycles. The lowest BCUT2D eigenvalue weighted by Crippen LogP contribution is -2.52. The first-order valence-corrected chi connectivity index (χ1v) is 13.6. The molecule has 2 atom stereocenters. The third-order valence-corrected chi connectivity index (χ3v) is 7.10. The van der Waals surface area contributed by atoms with Crippen LogP contribution in [0.3, 0.4) is 0 Å². The van der Waals surface area contributed by atoms with Crippen LogP contribution in [0.2, 0.25) is 0 Å². The highest BCUT2D eigenvalue weighted by atomic mass is 32.2. The number of hydrogen-bond acceptors (Lipinski definition) is 6. The van der Waals surface area contributed by atoms with Crippen molar-refractivity contribution in [2.24, 2.45) is 0 Å². The maximum absolute atomic E-state index is 14.4. The van der Waals surface area contributed by atoms with E-state index in [-0.39, 0.29) is 23.8 Å². The topological polar surface area (TPSA) is 105 Å². The number of rotatable bonds is 10. The fourth-order valence-corrected chi connectivity index (χ4v) is 4.50. The van der Waals surface area contributed by atoms with E-state index in [2.05, 4.69) is 5.32 Å². The first-order valence-electron chi connectivity index (χ1n) is 11.7. The summed E-state index contributed by atoms with van der Waals surface area (Å²) in [5, 5.41) is 2.83. The minimum Gasteiger partial charge on any atom is -0.486 e. The van der Waals surface area contributed by atoms with Crippen LogP contribution in [0.25, 0.3) is 0 Å². The van der Waals surface area contributed by atoms with E-state index in [4.69, 9.17) is 9.47 Å². The van der Waals surface area contributed by atoms with Crippen molar-refractivity contribution in [3.63, 3.8) is 0 Å². The van der Waals surface area contributed by atoms with Crippen LogP contribution in [0.1, 0.15) is 32.8 Å². The van der Waals surface area contributed by atoms with Crippen molar-refractivity contribution in [3.8, 4) is 11.5 Å². The highest BCUT2D eigenvalue weighted by Crippen LogP contribution is 2.34. The van der Waals surface area contributed by atoms with Gasteiger partial charge in [-0.15, -0.1) is 0 Å². The van der Waals surface area contributed by atoms with Crippen molar-refractivity contribution in [2.75, 3.05) is 30.3 Å². The Labute approximate surface area is 211 Å². The Bertz CT molecular complexity index is 1210. The summed E-state index contributed by atoms with van der Waals surface area (Å²) < 4.78 is 51.8. The Balaban J connectivity index is 1.92. The Morgan fingerprint density at radius 1 is 1.08 bits per heavy atom. The number of nitrogens with one attached hydrogen (secondary N) is 1. The number of hydrogen-bond donors (Lipinski definition) is 1. The number of nitrogens with zero attached hydrogens (tertiary/aromatic N) is 2. The quantitative estimate of drug-likeness (QED) is 0.516. The molecule has 0 aromatic heterocycles. The van der Waals surface area contributed by atoms with Crippen LogP contribution in [0.4, 0.5) is 10.1 Å². The van der Waals surface area contributed by atoms with Gasteiger partial charge in [-0.1, -0.05) is 25.1 Å². The number of carbonyl (C=O) groups is 2. The number of carbonyl (C=O) groups excluding carboxylic acids is 2. The molecule has 11 heteroatoms. The van der Waals surface area contributed by atoms with E-state index in [1.165, 1.54) is 42.2 Å². The molecule has 0 radical (unpaired) electrons. The van der Waals surface area contributed by atoms with E-state index in [9.17, 15) is 22.4 Å². The molecule has 2 amide bonds. The Morgan fingerprint density at radius 2 is 1.75 bits per heavy atom. The lowest BCUT2D eigenvalue weighted by molar-refractivity contribution is -0.139. The van der Waals surface area contributed by atoms with Crippen LogP contribution >= 0.6 is 0 Å². The largest absolute Gasteiger partial charge is 0.486 e. The van der Waals surface area contributed by atoms with E-state index in [0.29, 0.717) is 31.1 Å². The Morgan fingerprint density at radius 3 is 2.39 bits per heavy atom. The van der Waals surface area contributed by atoms with Gasteiger partial charge in [-0.25, -0.2) is 12.8 Å². The predicted molar refractivity (Wildman–Crippen MR) is 134 cm³/mol. The summed E-state index contributed by atoms with van der Waals surface area (Å²) >= 11 is 0. The molecular formula is C25H32FN3O6S. The standard InChI is InChI=1S/C25H32FN3O6S/c1-5-17(2)27-25(31)18(3)28(15-19-8-6-7-9-21(19)26)24(30)16-29(36(4,32)33)20-10-11-22-23(14-20)35-13-12-34-22/h6-11,14,17-18H,5,12-13,15-16H2,1-4H3,(H,27,31)/t17-,18+/m1/s1. The molecule has 0 aliphatic carbocycles. The molecule has 196 valence electrons. The number of sulfonamides is 1. The van der Waals surface area contributed by atoms with Gasteiger partial charge in [0.25, 0.3) is 0 Å². The number of benzene rings is 2. The fraction of sp³-hybridized carbons (Fsp3) is 0.440. The number of anilines is 1. The molecule has 3 rings (SSSR count). The van der Waals surface area contributed by atoms with E-state index in [1.54, 1.807) is 12.1 Å². The van der Waals surface area contributed by atoms with Crippen molar-refractivity contribution in [1.29, 1.82) is 0 Å².